The van der Waals surface area contributed by atoms with Gasteiger partial charge in [-0.1, -0.05) is 0 Å². The molecule has 1 amide bonds. The van der Waals surface area contributed by atoms with Gasteiger partial charge in [-0.25, -0.2) is 24.1 Å². The molecule has 9 heteroatoms. The van der Waals surface area contributed by atoms with Gasteiger partial charge in [0.05, 0.1) is 4.90 Å². The van der Waals surface area contributed by atoms with Crippen LogP contribution in [0.3, 0.4) is 0 Å². The van der Waals surface area contributed by atoms with Gasteiger partial charge in [-0.2, -0.15) is 0 Å². The van der Waals surface area contributed by atoms with E-state index >= 15 is 0 Å². The Bertz CT molecular complexity index is 877. The predicted molar refractivity (Wildman–Crippen MR) is 105 cm³/mol. The molecule has 4 N–H and O–H groups in total. The molecule has 0 saturated heterocycles. The van der Waals surface area contributed by atoms with Crippen LogP contribution in [0.4, 0.5) is 16.4 Å². The number of aromatic nitrogens is 2. The van der Waals surface area contributed by atoms with E-state index in [1.165, 1.54) is 0 Å². The number of nitrogens with zero attached hydrogens (tertiary/aromatic N) is 2. The quantitative estimate of drug-likeness (QED) is 0.685. The van der Waals surface area contributed by atoms with Crippen LogP contribution in [0.5, 0.6) is 0 Å². The molecule has 2 saturated carbocycles. The molecular formula is C19H23N5O3S. The number of rotatable bonds is 6. The molecule has 148 valence electrons. The first-order valence-corrected chi connectivity index (χ1v) is 10.5. The van der Waals surface area contributed by atoms with Crippen LogP contribution in [0.1, 0.15) is 44.1 Å². The van der Waals surface area contributed by atoms with E-state index in [1.54, 1.807) is 36.7 Å². The van der Waals surface area contributed by atoms with Gasteiger partial charge in [0, 0.05) is 23.6 Å². The van der Waals surface area contributed by atoms with E-state index < -0.39 is 11.0 Å². The maximum absolute atomic E-state index is 11.8. The molecule has 1 aromatic heterocycles. The average Bonchev–Trinajstić information content (AvgIpc) is 3.36. The highest BCUT2D eigenvalue weighted by molar-refractivity contribution is 7.82. The molecule has 1 unspecified atom stereocenters. The summed E-state index contributed by atoms with van der Waals surface area (Å²) in [5.41, 5.74) is 1.77. The Hall–Kier alpha value is -2.52. The van der Waals surface area contributed by atoms with Crippen LogP contribution in [0.2, 0.25) is 0 Å². The van der Waals surface area contributed by atoms with Crippen LogP contribution in [-0.4, -0.2) is 31.9 Å². The topological polar surface area (TPSA) is 119 Å². The van der Waals surface area contributed by atoms with Gasteiger partial charge in [-0.15, -0.1) is 0 Å². The summed E-state index contributed by atoms with van der Waals surface area (Å²) in [6.07, 6.45) is 6.85. The van der Waals surface area contributed by atoms with E-state index in [4.69, 9.17) is 9.88 Å². The lowest BCUT2D eigenvalue weighted by Crippen LogP contribution is -2.40. The molecule has 8 nitrogen and oxygen atoms in total. The number of hydrogen-bond donors (Lipinski definition) is 3. The van der Waals surface area contributed by atoms with E-state index in [1.807, 2.05) is 6.92 Å². The number of amides is 1. The highest BCUT2D eigenvalue weighted by Gasteiger charge is 2.41. The number of nitrogens with one attached hydrogen (secondary N) is 2. The number of nitrogens with two attached hydrogens (primary N) is 1. The van der Waals surface area contributed by atoms with Gasteiger partial charge in [0.1, 0.15) is 17.1 Å². The van der Waals surface area contributed by atoms with Crippen molar-refractivity contribution in [3.63, 3.8) is 0 Å². The minimum Gasteiger partial charge on any atom is -0.446 e. The Balaban J connectivity index is 1.26. The maximum atomic E-state index is 11.8. The summed E-state index contributed by atoms with van der Waals surface area (Å²) in [5, 5.41) is 11.3. The van der Waals surface area contributed by atoms with Gasteiger partial charge in [-0.3, -0.25) is 0 Å². The molecule has 0 spiro atoms. The highest BCUT2D eigenvalue weighted by atomic mass is 32.2. The average molecular weight is 401 g/mol. The maximum Gasteiger partial charge on any atom is 0.407 e. The summed E-state index contributed by atoms with van der Waals surface area (Å²) < 4.78 is 16.7. The van der Waals surface area contributed by atoms with Gasteiger partial charge in [0.2, 0.25) is 5.95 Å². The zero-order valence-corrected chi connectivity index (χ0v) is 16.4. The number of carbonyl (C=O) groups is 1. The molecule has 4 rings (SSSR count). The van der Waals surface area contributed by atoms with Crippen LogP contribution in [0, 0.1) is 0 Å². The lowest BCUT2D eigenvalue weighted by molar-refractivity contribution is 0.0373. The van der Waals surface area contributed by atoms with Crippen molar-refractivity contribution in [3.05, 3.63) is 42.2 Å². The van der Waals surface area contributed by atoms with Gasteiger partial charge in [0.25, 0.3) is 0 Å². The van der Waals surface area contributed by atoms with Crippen molar-refractivity contribution >= 4 is 28.7 Å². The summed E-state index contributed by atoms with van der Waals surface area (Å²) >= 11 is 0. The third-order valence-electron chi connectivity index (χ3n) is 5.26. The second-order valence-corrected chi connectivity index (χ2v) is 8.73. The monoisotopic (exact) mass is 401 g/mol. The number of anilines is 2. The molecule has 2 aliphatic carbocycles. The van der Waals surface area contributed by atoms with E-state index in [-0.39, 0.29) is 17.7 Å². The molecule has 0 bridgehead atoms. The van der Waals surface area contributed by atoms with Crippen molar-refractivity contribution in [1.29, 1.82) is 0 Å². The number of ether oxygens (including phenoxy) is 1. The molecule has 1 atom stereocenters. The van der Waals surface area contributed by atoms with Crippen LogP contribution in [0.15, 0.2) is 41.6 Å². The molecule has 28 heavy (non-hydrogen) atoms. The number of carbonyl (C=O) groups excluding carboxylic acids is 1. The lowest BCUT2D eigenvalue weighted by atomic mass is 9.78. The van der Waals surface area contributed by atoms with E-state index in [0.717, 1.165) is 36.9 Å². The van der Waals surface area contributed by atoms with Crippen molar-refractivity contribution in [2.45, 2.75) is 55.1 Å². The SMILES string of the molecule is CC1(NC(=O)OC2CC(c3cnc(Nc4ccc(S(N)=O)cc4)nc3)C2)CC1. The first-order valence-electron chi connectivity index (χ1n) is 9.24. The summed E-state index contributed by atoms with van der Waals surface area (Å²) in [6.45, 7) is 2.03. The summed E-state index contributed by atoms with van der Waals surface area (Å²) in [4.78, 5) is 21.1. The van der Waals surface area contributed by atoms with Crippen molar-refractivity contribution in [3.8, 4) is 0 Å². The molecular weight excluding hydrogens is 378 g/mol. The Kier molecular flexibility index (Phi) is 5.03. The first kappa shape index (κ1) is 18.8. The second kappa shape index (κ2) is 7.48. The zero-order valence-electron chi connectivity index (χ0n) is 15.6. The third kappa shape index (κ3) is 4.48. The molecule has 0 aliphatic heterocycles. The van der Waals surface area contributed by atoms with Gasteiger partial charge >= 0.3 is 6.09 Å². The normalized spacial score (nSPS) is 23.2. The fourth-order valence-corrected chi connectivity index (χ4v) is 3.49. The largest absolute Gasteiger partial charge is 0.446 e. The standard InChI is InChI=1S/C19H23N5O3S/c1-19(6-7-19)24-18(25)27-15-8-12(9-15)13-10-21-17(22-11-13)23-14-2-4-16(5-3-14)28(20)26/h2-5,10-12,15H,6-9,20H2,1H3,(H,24,25)(H,21,22,23). The molecule has 2 fully saturated rings. The number of benzene rings is 1. The van der Waals surface area contributed by atoms with E-state index in [0.29, 0.717) is 16.8 Å². The van der Waals surface area contributed by atoms with Gasteiger partial charge in [0.15, 0.2) is 0 Å². The minimum absolute atomic E-state index is 0.0447. The first-order chi connectivity index (χ1) is 13.4. The van der Waals surface area contributed by atoms with E-state index in [9.17, 15) is 9.00 Å². The number of hydrogen-bond acceptors (Lipinski definition) is 6. The molecule has 1 aromatic carbocycles. The van der Waals surface area contributed by atoms with Crippen LogP contribution in [-0.2, 0) is 15.7 Å². The van der Waals surface area contributed by atoms with Crippen LogP contribution < -0.4 is 15.8 Å². The summed E-state index contributed by atoms with van der Waals surface area (Å²) in [5.74, 6) is 0.789. The third-order valence-corrected chi connectivity index (χ3v) is 6.00. The molecule has 2 aliphatic rings. The van der Waals surface area contributed by atoms with E-state index in [2.05, 4.69) is 20.6 Å². The Morgan fingerprint density at radius 2 is 1.86 bits per heavy atom. The minimum atomic E-state index is -1.49. The van der Waals surface area contributed by atoms with Crippen molar-refractivity contribution in [1.82, 2.24) is 15.3 Å². The summed E-state index contributed by atoms with van der Waals surface area (Å²) in [7, 11) is -1.49. The van der Waals surface area contributed by atoms with Crippen molar-refractivity contribution in [2.75, 3.05) is 5.32 Å². The van der Waals surface area contributed by atoms with Crippen molar-refractivity contribution in [2.24, 2.45) is 5.14 Å². The smallest absolute Gasteiger partial charge is 0.407 e. The molecule has 0 radical (unpaired) electrons. The Morgan fingerprint density at radius 1 is 1.21 bits per heavy atom. The predicted octanol–water partition coefficient (Wildman–Crippen LogP) is 2.73. The fourth-order valence-electron chi connectivity index (χ4n) is 3.09. The Morgan fingerprint density at radius 3 is 2.43 bits per heavy atom. The highest BCUT2D eigenvalue weighted by Crippen LogP contribution is 2.39. The van der Waals surface area contributed by atoms with Crippen LogP contribution >= 0.6 is 0 Å². The molecule has 2 aromatic rings. The summed E-state index contributed by atoms with van der Waals surface area (Å²) in [6, 6.07) is 6.94. The van der Waals surface area contributed by atoms with Gasteiger partial charge in [-0.05, 0) is 68.4 Å². The van der Waals surface area contributed by atoms with Crippen LogP contribution in [0.25, 0.3) is 0 Å². The van der Waals surface area contributed by atoms with Gasteiger partial charge < -0.3 is 15.4 Å². The fraction of sp³-hybridized carbons (Fsp3) is 0.421. The second-order valence-electron chi connectivity index (χ2n) is 7.67. The lowest BCUT2D eigenvalue weighted by Gasteiger charge is -2.34. The molecule has 1 heterocycles. The van der Waals surface area contributed by atoms with Crippen molar-refractivity contribution < 1.29 is 13.7 Å². The number of alkyl carbamates (subject to hydrolysis) is 1. The Labute approximate surface area is 165 Å². The zero-order chi connectivity index (χ0) is 19.7.